The summed E-state index contributed by atoms with van der Waals surface area (Å²) < 4.78 is 13.3. The van der Waals surface area contributed by atoms with Crippen molar-refractivity contribution in [2.24, 2.45) is 0 Å². The van der Waals surface area contributed by atoms with Gasteiger partial charge in [-0.15, -0.1) is 0 Å². The molecule has 1 saturated heterocycles. The largest absolute Gasteiger partial charge is 0.395 e. The number of halogens is 1. The molecule has 1 N–H and O–H groups in total. The molecule has 0 spiro atoms. The number of benzene rings is 1. The number of hydrogen-bond donors (Lipinski definition) is 1. The van der Waals surface area contributed by atoms with Crippen LogP contribution in [0.1, 0.15) is 0 Å². The summed E-state index contributed by atoms with van der Waals surface area (Å²) in [5, 5.41) is 9.14. The van der Waals surface area contributed by atoms with Crippen molar-refractivity contribution in [3.8, 4) is 22.6 Å². The third-order valence-electron chi connectivity index (χ3n) is 4.88. The molecule has 0 unspecified atom stereocenters. The molecule has 144 valence electrons. The van der Waals surface area contributed by atoms with Crippen LogP contribution in [0.2, 0.25) is 0 Å². The van der Waals surface area contributed by atoms with Crippen molar-refractivity contribution < 1.29 is 9.50 Å². The van der Waals surface area contributed by atoms with Gasteiger partial charge in [0.15, 0.2) is 5.82 Å². The van der Waals surface area contributed by atoms with E-state index in [1.807, 2.05) is 18.2 Å². The highest BCUT2D eigenvalue weighted by molar-refractivity contribution is 5.67. The smallest absolute Gasteiger partial charge is 0.163 e. The van der Waals surface area contributed by atoms with Crippen LogP contribution in [0.3, 0.4) is 0 Å². The molecule has 28 heavy (non-hydrogen) atoms. The number of anilines is 1. The van der Waals surface area contributed by atoms with Gasteiger partial charge in [-0.25, -0.2) is 14.4 Å². The summed E-state index contributed by atoms with van der Waals surface area (Å²) in [4.78, 5) is 18.1. The zero-order valence-corrected chi connectivity index (χ0v) is 15.5. The van der Waals surface area contributed by atoms with E-state index >= 15 is 0 Å². The predicted molar refractivity (Wildman–Crippen MR) is 106 cm³/mol. The van der Waals surface area contributed by atoms with Gasteiger partial charge in [-0.05, 0) is 36.4 Å². The van der Waals surface area contributed by atoms with Crippen LogP contribution < -0.4 is 4.90 Å². The Morgan fingerprint density at radius 3 is 2.43 bits per heavy atom. The molecule has 0 saturated carbocycles. The van der Waals surface area contributed by atoms with Crippen LogP contribution >= 0.6 is 0 Å². The second-order valence-corrected chi connectivity index (χ2v) is 6.74. The van der Waals surface area contributed by atoms with Crippen molar-refractivity contribution >= 4 is 5.82 Å². The van der Waals surface area contributed by atoms with Crippen molar-refractivity contribution in [3.63, 3.8) is 0 Å². The van der Waals surface area contributed by atoms with E-state index < -0.39 is 0 Å². The SMILES string of the molecule is OCCN1CCN(c2cc(-c3ccc(F)cc3)nc(-c3cccnc3)n2)CC1. The number of rotatable bonds is 5. The number of aliphatic hydroxyl groups excluding tert-OH is 1. The summed E-state index contributed by atoms with van der Waals surface area (Å²) >= 11 is 0. The Kier molecular flexibility index (Phi) is 5.55. The number of aromatic nitrogens is 3. The van der Waals surface area contributed by atoms with Crippen molar-refractivity contribution in [2.45, 2.75) is 0 Å². The monoisotopic (exact) mass is 379 g/mol. The minimum atomic E-state index is -0.273. The molecule has 3 heterocycles. The lowest BCUT2D eigenvalue weighted by Gasteiger charge is -2.35. The minimum absolute atomic E-state index is 0.174. The van der Waals surface area contributed by atoms with Gasteiger partial charge in [0.05, 0.1) is 12.3 Å². The molecule has 6 nitrogen and oxygen atoms in total. The Balaban J connectivity index is 1.69. The lowest BCUT2D eigenvalue weighted by Crippen LogP contribution is -2.47. The van der Waals surface area contributed by atoms with E-state index in [1.165, 1.54) is 12.1 Å². The van der Waals surface area contributed by atoms with Gasteiger partial charge in [0, 0.05) is 62.3 Å². The fourth-order valence-electron chi connectivity index (χ4n) is 3.33. The molecule has 3 aromatic rings. The quantitative estimate of drug-likeness (QED) is 0.735. The lowest BCUT2D eigenvalue weighted by atomic mass is 10.1. The summed E-state index contributed by atoms with van der Waals surface area (Å²) in [6.45, 7) is 4.27. The van der Waals surface area contributed by atoms with Crippen LogP contribution in [0.25, 0.3) is 22.6 Å². The first-order valence-corrected chi connectivity index (χ1v) is 9.36. The van der Waals surface area contributed by atoms with Crippen LogP contribution in [-0.4, -0.2) is 64.3 Å². The molecule has 0 radical (unpaired) electrons. The molecule has 2 aromatic heterocycles. The van der Waals surface area contributed by atoms with Crippen LogP contribution in [0.5, 0.6) is 0 Å². The number of nitrogens with zero attached hydrogens (tertiary/aromatic N) is 5. The fourth-order valence-corrected chi connectivity index (χ4v) is 3.33. The standard InChI is InChI=1S/C21H22FN5O/c22-18-5-3-16(4-6-18)19-14-20(27-10-8-26(9-11-27)12-13-28)25-21(24-19)17-2-1-7-23-15-17/h1-7,14-15,28H,8-13H2. The summed E-state index contributed by atoms with van der Waals surface area (Å²) in [6, 6.07) is 12.1. The molecule has 0 amide bonds. The van der Waals surface area contributed by atoms with Crippen molar-refractivity contribution in [1.29, 1.82) is 0 Å². The maximum atomic E-state index is 13.3. The first-order chi connectivity index (χ1) is 13.7. The second-order valence-electron chi connectivity index (χ2n) is 6.74. The van der Waals surface area contributed by atoms with E-state index in [-0.39, 0.29) is 12.4 Å². The lowest BCUT2D eigenvalue weighted by molar-refractivity contribution is 0.188. The number of aliphatic hydroxyl groups is 1. The van der Waals surface area contributed by atoms with Gasteiger partial charge in [-0.1, -0.05) is 0 Å². The molecule has 0 aliphatic carbocycles. The van der Waals surface area contributed by atoms with Gasteiger partial charge in [0.25, 0.3) is 0 Å². The van der Waals surface area contributed by atoms with E-state index in [0.29, 0.717) is 12.4 Å². The molecule has 0 bridgehead atoms. The van der Waals surface area contributed by atoms with Gasteiger partial charge in [-0.3, -0.25) is 9.88 Å². The third kappa shape index (κ3) is 4.16. The van der Waals surface area contributed by atoms with E-state index in [0.717, 1.165) is 48.8 Å². The topological polar surface area (TPSA) is 65.4 Å². The summed E-state index contributed by atoms with van der Waals surface area (Å²) in [7, 11) is 0. The highest BCUT2D eigenvalue weighted by Gasteiger charge is 2.19. The molecule has 1 aromatic carbocycles. The average molecular weight is 379 g/mol. The predicted octanol–water partition coefficient (Wildman–Crippen LogP) is 2.46. The normalized spacial score (nSPS) is 15.0. The summed E-state index contributed by atoms with van der Waals surface area (Å²) in [5.74, 6) is 1.17. The Morgan fingerprint density at radius 1 is 0.964 bits per heavy atom. The number of β-amino-alcohol motifs (C(OH)–C–C–N with tert-alkyl or cyclic N) is 1. The molecule has 0 atom stereocenters. The summed E-state index contributed by atoms with van der Waals surface area (Å²) in [5.41, 5.74) is 2.43. The first kappa shape index (κ1) is 18.5. The third-order valence-corrected chi connectivity index (χ3v) is 4.88. The minimum Gasteiger partial charge on any atom is -0.395 e. The van der Waals surface area contributed by atoms with Crippen molar-refractivity contribution in [1.82, 2.24) is 19.9 Å². The second kappa shape index (κ2) is 8.41. The van der Waals surface area contributed by atoms with E-state index in [4.69, 9.17) is 15.1 Å². The number of piperazine rings is 1. The number of hydrogen-bond acceptors (Lipinski definition) is 6. The van der Waals surface area contributed by atoms with E-state index in [2.05, 4.69) is 14.8 Å². The van der Waals surface area contributed by atoms with Crippen molar-refractivity contribution in [2.75, 3.05) is 44.2 Å². The Bertz CT molecular complexity index is 912. The molecule has 1 fully saturated rings. The zero-order valence-electron chi connectivity index (χ0n) is 15.5. The Hall–Kier alpha value is -2.90. The first-order valence-electron chi connectivity index (χ1n) is 9.36. The Labute approximate surface area is 163 Å². The molecular formula is C21H22FN5O. The van der Waals surface area contributed by atoms with Gasteiger partial charge < -0.3 is 10.0 Å². The average Bonchev–Trinajstić information content (AvgIpc) is 2.75. The van der Waals surface area contributed by atoms with Gasteiger partial charge in [0.1, 0.15) is 11.6 Å². The summed E-state index contributed by atoms with van der Waals surface area (Å²) in [6.07, 6.45) is 3.46. The Morgan fingerprint density at radius 2 is 1.75 bits per heavy atom. The van der Waals surface area contributed by atoms with Crippen LogP contribution in [0, 0.1) is 5.82 Å². The highest BCUT2D eigenvalue weighted by Crippen LogP contribution is 2.26. The molecule has 4 rings (SSSR count). The highest BCUT2D eigenvalue weighted by atomic mass is 19.1. The van der Waals surface area contributed by atoms with Crippen LogP contribution in [0.15, 0.2) is 54.9 Å². The number of pyridine rings is 1. The van der Waals surface area contributed by atoms with Crippen LogP contribution in [-0.2, 0) is 0 Å². The van der Waals surface area contributed by atoms with Crippen LogP contribution in [0.4, 0.5) is 10.2 Å². The van der Waals surface area contributed by atoms with E-state index in [1.54, 1.807) is 24.5 Å². The maximum absolute atomic E-state index is 13.3. The maximum Gasteiger partial charge on any atom is 0.163 e. The molecule has 1 aliphatic heterocycles. The van der Waals surface area contributed by atoms with Crippen molar-refractivity contribution in [3.05, 3.63) is 60.7 Å². The van der Waals surface area contributed by atoms with Gasteiger partial charge in [-0.2, -0.15) is 0 Å². The molecule has 1 aliphatic rings. The van der Waals surface area contributed by atoms with E-state index in [9.17, 15) is 4.39 Å². The molecular weight excluding hydrogens is 357 g/mol. The molecule has 7 heteroatoms. The van der Waals surface area contributed by atoms with Gasteiger partial charge >= 0.3 is 0 Å². The van der Waals surface area contributed by atoms with Gasteiger partial charge in [0.2, 0.25) is 0 Å². The zero-order chi connectivity index (χ0) is 19.3. The fraction of sp³-hybridized carbons (Fsp3) is 0.286.